The maximum Gasteiger partial charge on any atom is 0.191 e. The number of thioether (sulfide) groups is 1. The lowest BCUT2D eigenvalue weighted by Crippen LogP contribution is -2.06. The Bertz CT molecular complexity index is 968. The van der Waals surface area contributed by atoms with Crippen molar-refractivity contribution in [3.63, 3.8) is 0 Å². The molecule has 1 aromatic carbocycles. The Morgan fingerprint density at radius 1 is 1.23 bits per heavy atom. The molecule has 0 spiro atoms. The summed E-state index contributed by atoms with van der Waals surface area (Å²) in [5.41, 5.74) is 5.15. The van der Waals surface area contributed by atoms with Gasteiger partial charge in [0.15, 0.2) is 10.9 Å². The molecule has 26 heavy (non-hydrogen) atoms. The first kappa shape index (κ1) is 17.1. The smallest absolute Gasteiger partial charge is 0.191 e. The molecule has 6 heteroatoms. The number of rotatable bonds is 6. The van der Waals surface area contributed by atoms with Crippen LogP contribution in [0.4, 0.5) is 0 Å². The summed E-state index contributed by atoms with van der Waals surface area (Å²) in [5, 5.41) is 9.00. The molecule has 5 nitrogen and oxygen atoms in total. The number of carbonyl (C=O) groups excluding carboxylic acids is 1. The van der Waals surface area contributed by atoms with Crippen LogP contribution < -0.4 is 0 Å². The van der Waals surface area contributed by atoms with Crippen molar-refractivity contribution in [2.45, 2.75) is 44.8 Å². The second kappa shape index (κ2) is 6.76. The fourth-order valence-electron chi connectivity index (χ4n) is 3.36. The van der Waals surface area contributed by atoms with Crippen molar-refractivity contribution >= 4 is 17.5 Å². The monoisotopic (exact) mass is 366 g/mol. The zero-order chi connectivity index (χ0) is 18.3. The van der Waals surface area contributed by atoms with E-state index in [2.05, 4.69) is 44.5 Å². The summed E-state index contributed by atoms with van der Waals surface area (Å²) in [6.45, 7) is 6.14. The average Bonchev–Trinajstić information content (AvgIpc) is 3.27. The summed E-state index contributed by atoms with van der Waals surface area (Å²) >= 11 is 1.48. The molecule has 0 radical (unpaired) electrons. The van der Waals surface area contributed by atoms with Gasteiger partial charge in [-0.2, -0.15) is 0 Å². The summed E-state index contributed by atoms with van der Waals surface area (Å²) in [7, 11) is 0. The zero-order valence-corrected chi connectivity index (χ0v) is 16.1. The zero-order valence-electron chi connectivity index (χ0n) is 15.3. The van der Waals surface area contributed by atoms with Gasteiger partial charge in [0.2, 0.25) is 0 Å². The highest BCUT2D eigenvalue weighted by molar-refractivity contribution is 7.99. The van der Waals surface area contributed by atoms with E-state index in [1.54, 1.807) is 6.33 Å². The highest BCUT2D eigenvalue weighted by Gasteiger charge is 2.26. The van der Waals surface area contributed by atoms with E-state index in [1.165, 1.54) is 30.2 Å². The van der Waals surface area contributed by atoms with E-state index in [1.807, 2.05) is 26.0 Å². The van der Waals surface area contributed by atoms with Crippen LogP contribution in [0.1, 0.15) is 46.2 Å². The van der Waals surface area contributed by atoms with Gasteiger partial charge in [0.25, 0.3) is 0 Å². The number of Topliss-reactive ketones (excluding diaryl/α,β-unsaturated/α-hetero) is 1. The Kier molecular flexibility index (Phi) is 4.44. The minimum atomic E-state index is 0.132. The molecule has 0 amide bonds. The highest BCUT2D eigenvalue weighted by atomic mass is 32.2. The van der Waals surface area contributed by atoms with Crippen LogP contribution in [0.5, 0.6) is 0 Å². The maximum atomic E-state index is 12.8. The molecular weight excluding hydrogens is 344 g/mol. The number of benzene rings is 1. The number of aromatic nitrogens is 4. The van der Waals surface area contributed by atoms with Gasteiger partial charge in [-0.1, -0.05) is 23.9 Å². The molecule has 2 aromatic heterocycles. The SMILES string of the molecule is Cc1cccc(-n2c(C)cc(C(=O)CSc3nncn3C3CC3)c2C)c1. The van der Waals surface area contributed by atoms with Crippen molar-refractivity contribution in [1.29, 1.82) is 0 Å². The standard InChI is InChI=1S/C20H22N4OS/c1-13-5-4-6-17(9-13)24-14(2)10-18(15(24)3)19(25)11-26-20-22-21-12-23(20)16-7-8-16/h4-6,9-10,12,16H,7-8,11H2,1-3H3. The number of hydrogen-bond donors (Lipinski definition) is 0. The van der Waals surface area contributed by atoms with Crippen LogP contribution in [0.15, 0.2) is 41.8 Å². The first-order valence-electron chi connectivity index (χ1n) is 8.86. The van der Waals surface area contributed by atoms with Crippen molar-refractivity contribution in [1.82, 2.24) is 19.3 Å². The third-order valence-electron chi connectivity index (χ3n) is 4.80. The molecule has 2 heterocycles. The number of ketones is 1. The van der Waals surface area contributed by atoms with Gasteiger partial charge in [0, 0.05) is 28.7 Å². The van der Waals surface area contributed by atoms with Gasteiger partial charge in [-0.15, -0.1) is 10.2 Å². The normalized spacial score (nSPS) is 14.0. The fourth-order valence-corrected chi connectivity index (χ4v) is 4.22. The molecule has 1 fully saturated rings. The maximum absolute atomic E-state index is 12.8. The molecule has 134 valence electrons. The molecule has 1 saturated carbocycles. The Morgan fingerprint density at radius 3 is 2.77 bits per heavy atom. The van der Waals surface area contributed by atoms with Gasteiger partial charge in [-0.05, 0) is 57.4 Å². The number of hydrogen-bond acceptors (Lipinski definition) is 4. The first-order valence-corrected chi connectivity index (χ1v) is 9.84. The van der Waals surface area contributed by atoms with Crippen molar-refractivity contribution in [3.8, 4) is 5.69 Å². The molecule has 0 bridgehead atoms. The number of carbonyl (C=O) groups is 1. The van der Waals surface area contributed by atoms with Crippen molar-refractivity contribution in [2.24, 2.45) is 0 Å². The van der Waals surface area contributed by atoms with Crippen molar-refractivity contribution in [2.75, 3.05) is 5.75 Å². The number of aryl methyl sites for hydroxylation is 2. The Hall–Kier alpha value is -2.34. The van der Waals surface area contributed by atoms with Crippen LogP contribution >= 0.6 is 11.8 Å². The lowest BCUT2D eigenvalue weighted by atomic mass is 10.2. The molecule has 4 rings (SSSR count). The minimum Gasteiger partial charge on any atom is -0.318 e. The molecule has 1 aliphatic rings. The third kappa shape index (κ3) is 3.21. The van der Waals surface area contributed by atoms with Gasteiger partial charge >= 0.3 is 0 Å². The lowest BCUT2D eigenvalue weighted by molar-refractivity contribution is 0.102. The summed E-state index contributed by atoms with van der Waals surface area (Å²) < 4.78 is 4.24. The quantitative estimate of drug-likeness (QED) is 0.482. The molecule has 0 atom stereocenters. The van der Waals surface area contributed by atoms with E-state index in [0.717, 1.165) is 27.8 Å². The van der Waals surface area contributed by atoms with Crippen molar-refractivity contribution in [3.05, 3.63) is 59.2 Å². The minimum absolute atomic E-state index is 0.132. The van der Waals surface area contributed by atoms with Gasteiger partial charge in [-0.3, -0.25) is 4.79 Å². The van der Waals surface area contributed by atoms with E-state index in [-0.39, 0.29) is 5.78 Å². The molecule has 0 aliphatic heterocycles. The molecule has 0 saturated heterocycles. The van der Waals surface area contributed by atoms with E-state index in [9.17, 15) is 4.79 Å². The number of nitrogens with zero attached hydrogens (tertiary/aromatic N) is 4. The van der Waals surface area contributed by atoms with Gasteiger partial charge < -0.3 is 9.13 Å². The predicted molar refractivity (Wildman–Crippen MR) is 103 cm³/mol. The fraction of sp³-hybridized carbons (Fsp3) is 0.350. The predicted octanol–water partition coefficient (Wildman–Crippen LogP) is 4.30. The highest BCUT2D eigenvalue weighted by Crippen LogP contribution is 2.37. The molecule has 1 aliphatic carbocycles. The summed E-state index contributed by atoms with van der Waals surface area (Å²) in [4.78, 5) is 12.8. The van der Waals surface area contributed by atoms with E-state index < -0.39 is 0 Å². The third-order valence-corrected chi connectivity index (χ3v) is 5.76. The average molecular weight is 366 g/mol. The first-order chi connectivity index (χ1) is 12.5. The van der Waals surface area contributed by atoms with Crippen LogP contribution in [0.25, 0.3) is 5.69 Å². The van der Waals surface area contributed by atoms with Gasteiger partial charge in [0.1, 0.15) is 6.33 Å². The largest absolute Gasteiger partial charge is 0.318 e. The van der Waals surface area contributed by atoms with Crippen LogP contribution in [0.2, 0.25) is 0 Å². The summed E-state index contributed by atoms with van der Waals surface area (Å²) in [5.74, 6) is 0.510. The van der Waals surface area contributed by atoms with E-state index in [0.29, 0.717) is 11.8 Å². The topological polar surface area (TPSA) is 52.7 Å². The molecular formula is C20H22N4OS. The van der Waals surface area contributed by atoms with Gasteiger partial charge in [-0.25, -0.2) is 0 Å². The van der Waals surface area contributed by atoms with Crippen LogP contribution in [0, 0.1) is 20.8 Å². The summed E-state index contributed by atoms with van der Waals surface area (Å²) in [6, 6.07) is 10.9. The Labute approximate surface area is 157 Å². The molecule has 3 aromatic rings. The molecule has 0 unspecified atom stereocenters. The van der Waals surface area contributed by atoms with Crippen LogP contribution in [0.3, 0.4) is 0 Å². The summed E-state index contributed by atoms with van der Waals surface area (Å²) in [6.07, 6.45) is 4.13. The van der Waals surface area contributed by atoms with Gasteiger partial charge in [0.05, 0.1) is 5.75 Å². The molecule has 0 N–H and O–H groups in total. The Morgan fingerprint density at radius 2 is 2.04 bits per heavy atom. The lowest BCUT2D eigenvalue weighted by Gasteiger charge is -2.10. The Balaban J connectivity index is 1.55. The second-order valence-corrected chi connectivity index (χ2v) is 7.87. The second-order valence-electron chi connectivity index (χ2n) is 6.92. The van der Waals surface area contributed by atoms with Crippen molar-refractivity contribution < 1.29 is 4.79 Å². The van der Waals surface area contributed by atoms with E-state index in [4.69, 9.17) is 0 Å². The van der Waals surface area contributed by atoms with Crippen LogP contribution in [-0.4, -0.2) is 30.9 Å². The van der Waals surface area contributed by atoms with E-state index >= 15 is 0 Å². The van der Waals surface area contributed by atoms with Crippen LogP contribution in [-0.2, 0) is 0 Å².